The van der Waals surface area contributed by atoms with Crippen molar-refractivity contribution in [2.75, 3.05) is 20.3 Å². The highest BCUT2D eigenvalue weighted by atomic mass is 16.5. The predicted molar refractivity (Wildman–Crippen MR) is 79.5 cm³/mol. The lowest BCUT2D eigenvalue weighted by Gasteiger charge is -2.20. The molecule has 0 saturated carbocycles. The van der Waals surface area contributed by atoms with Gasteiger partial charge >= 0.3 is 0 Å². The van der Waals surface area contributed by atoms with Gasteiger partial charge in [0.2, 0.25) is 0 Å². The number of nitrogens with zero attached hydrogens (tertiary/aromatic N) is 2. The van der Waals surface area contributed by atoms with E-state index in [1.165, 1.54) is 11.3 Å². The molecule has 19 heavy (non-hydrogen) atoms. The summed E-state index contributed by atoms with van der Waals surface area (Å²) in [6.45, 7) is 11.5. The molecule has 4 nitrogen and oxygen atoms in total. The Labute approximate surface area is 117 Å². The molecule has 1 aromatic heterocycles. The van der Waals surface area contributed by atoms with Crippen molar-refractivity contribution >= 4 is 0 Å². The Morgan fingerprint density at radius 1 is 1.32 bits per heavy atom. The maximum absolute atomic E-state index is 5.05. The Kier molecular flexibility index (Phi) is 7.10. The first-order chi connectivity index (χ1) is 9.15. The largest absolute Gasteiger partial charge is 0.383 e. The third-order valence-electron chi connectivity index (χ3n) is 3.55. The maximum atomic E-state index is 5.05. The van der Waals surface area contributed by atoms with Crippen molar-refractivity contribution < 1.29 is 4.74 Å². The van der Waals surface area contributed by atoms with Crippen LogP contribution in [0.25, 0.3) is 0 Å². The van der Waals surface area contributed by atoms with Crippen LogP contribution in [0, 0.1) is 0 Å². The van der Waals surface area contributed by atoms with Crippen LogP contribution in [0.2, 0.25) is 0 Å². The smallest absolute Gasteiger partial charge is 0.0587 e. The third kappa shape index (κ3) is 4.32. The number of methoxy groups -OCH3 is 1. The average Bonchev–Trinajstić information content (AvgIpc) is 2.80. The van der Waals surface area contributed by atoms with Crippen molar-refractivity contribution in [3.8, 4) is 0 Å². The summed E-state index contributed by atoms with van der Waals surface area (Å²) in [4.78, 5) is 0. The summed E-state index contributed by atoms with van der Waals surface area (Å²) in [7, 11) is 1.73. The third-order valence-corrected chi connectivity index (χ3v) is 3.55. The second-order valence-electron chi connectivity index (χ2n) is 5.29. The minimum Gasteiger partial charge on any atom is -0.383 e. The quantitative estimate of drug-likeness (QED) is 0.699. The number of hydrogen-bond acceptors (Lipinski definition) is 3. The molecule has 0 spiro atoms. The van der Waals surface area contributed by atoms with E-state index in [2.05, 4.69) is 42.8 Å². The Balaban J connectivity index is 2.81. The van der Waals surface area contributed by atoms with Gasteiger partial charge in [0.1, 0.15) is 0 Å². The highest BCUT2D eigenvalue weighted by Gasteiger charge is 2.18. The van der Waals surface area contributed by atoms with Gasteiger partial charge in [-0.2, -0.15) is 5.10 Å². The Morgan fingerprint density at radius 3 is 2.53 bits per heavy atom. The van der Waals surface area contributed by atoms with Gasteiger partial charge in [0.25, 0.3) is 0 Å². The van der Waals surface area contributed by atoms with Gasteiger partial charge in [0.05, 0.1) is 18.8 Å². The summed E-state index contributed by atoms with van der Waals surface area (Å²) in [5.74, 6) is 0.502. The molecule has 0 bridgehead atoms. The fraction of sp³-hybridized carbons (Fsp3) is 0.800. The number of nitrogens with one attached hydrogen (secondary N) is 1. The highest BCUT2D eigenvalue weighted by Crippen LogP contribution is 2.25. The molecule has 0 aliphatic heterocycles. The minimum atomic E-state index is 0.502. The van der Waals surface area contributed by atoms with Crippen molar-refractivity contribution in [3.63, 3.8) is 0 Å². The summed E-state index contributed by atoms with van der Waals surface area (Å²) < 4.78 is 7.29. The first-order valence-corrected chi connectivity index (χ1v) is 7.41. The predicted octanol–water partition coefficient (Wildman–Crippen LogP) is 3.10. The van der Waals surface area contributed by atoms with Crippen LogP contribution in [0.5, 0.6) is 0 Å². The fourth-order valence-corrected chi connectivity index (χ4v) is 2.50. The molecule has 0 fully saturated rings. The van der Waals surface area contributed by atoms with Gasteiger partial charge in [-0.3, -0.25) is 4.68 Å². The van der Waals surface area contributed by atoms with Crippen LogP contribution in [0.15, 0.2) is 6.20 Å². The van der Waals surface area contributed by atoms with Crippen LogP contribution in [-0.4, -0.2) is 30.0 Å². The van der Waals surface area contributed by atoms with Crippen molar-refractivity contribution in [2.24, 2.45) is 0 Å². The second kappa shape index (κ2) is 8.33. The molecule has 0 radical (unpaired) electrons. The molecule has 0 amide bonds. The molecular weight excluding hydrogens is 238 g/mol. The van der Waals surface area contributed by atoms with Crippen LogP contribution in [0.4, 0.5) is 0 Å². The summed E-state index contributed by atoms with van der Waals surface area (Å²) in [5, 5.41) is 8.03. The first kappa shape index (κ1) is 16.2. The van der Waals surface area contributed by atoms with Crippen LogP contribution >= 0.6 is 0 Å². The Hall–Kier alpha value is -0.870. The summed E-state index contributed by atoms with van der Waals surface area (Å²) in [6.07, 6.45) is 4.29. The van der Waals surface area contributed by atoms with E-state index in [0.717, 1.165) is 32.5 Å². The monoisotopic (exact) mass is 267 g/mol. The molecule has 4 heteroatoms. The second-order valence-corrected chi connectivity index (χ2v) is 5.29. The molecule has 1 N–H and O–H groups in total. The van der Waals surface area contributed by atoms with E-state index in [1.807, 2.05) is 6.20 Å². The van der Waals surface area contributed by atoms with E-state index in [9.17, 15) is 0 Å². The van der Waals surface area contributed by atoms with Crippen molar-refractivity contribution in [2.45, 2.75) is 59.0 Å². The van der Waals surface area contributed by atoms with Gasteiger partial charge in [0.15, 0.2) is 0 Å². The van der Waals surface area contributed by atoms with Gasteiger partial charge in [-0.1, -0.05) is 27.7 Å². The van der Waals surface area contributed by atoms with Crippen molar-refractivity contribution in [3.05, 3.63) is 17.5 Å². The van der Waals surface area contributed by atoms with Crippen LogP contribution < -0.4 is 5.32 Å². The summed E-state index contributed by atoms with van der Waals surface area (Å²) in [5.41, 5.74) is 2.69. The number of aromatic nitrogens is 2. The lowest BCUT2D eigenvalue weighted by Crippen LogP contribution is -2.20. The molecule has 1 aromatic rings. The van der Waals surface area contributed by atoms with Crippen LogP contribution in [0.1, 0.15) is 63.8 Å². The van der Waals surface area contributed by atoms with Crippen molar-refractivity contribution in [1.82, 2.24) is 15.1 Å². The zero-order valence-electron chi connectivity index (χ0n) is 13.1. The average molecular weight is 267 g/mol. The molecule has 0 saturated heterocycles. The van der Waals surface area contributed by atoms with E-state index in [0.29, 0.717) is 12.0 Å². The highest BCUT2D eigenvalue weighted by molar-refractivity contribution is 5.21. The van der Waals surface area contributed by atoms with E-state index in [-0.39, 0.29) is 0 Å². The molecule has 0 aromatic carbocycles. The summed E-state index contributed by atoms with van der Waals surface area (Å²) >= 11 is 0. The zero-order valence-corrected chi connectivity index (χ0v) is 13.1. The SMILES string of the molecule is CCC(CC)n1ncc(CNCCOC)c1C(C)C. The number of hydrogen-bond donors (Lipinski definition) is 1. The van der Waals surface area contributed by atoms with Crippen LogP contribution in [-0.2, 0) is 11.3 Å². The lowest BCUT2D eigenvalue weighted by molar-refractivity contribution is 0.199. The number of rotatable bonds is 9. The molecule has 0 aliphatic carbocycles. The van der Waals surface area contributed by atoms with Gasteiger partial charge in [0, 0.05) is 31.5 Å². The summed E-state index contributed by atoms with van der Waals surface area (Å²) in [6, 6.07) is 0.519. The maximum Gasteiger partial charge on any atom is 0.0587 e. The normalized spacial score (nSPS) is 11.7. The standard InChI is InChI=1S/C15H29N3O/c1-6-14(7-2)18-15(12(3)4)13(11-17-18)10-16-8-9-19-5/h11-12,14,16H,6-10H2,1-5H3. The number of ether oxygens (including phenoxy) is 1. The molecule has 1 heterocycles. The molecule has 110 valence electrons. The molecule has 0 atom stereocenters. The Bertz CT molecular complexity index is 356. The van der Waals surface area contributed by atoms with Gasteiger partial charge in [-0.05, 0) is 18.8 Å². The van der Waals surface area contributed by atoms with Gasteiger partial charge < -0.3 is 10.1 Å². The van der Waals surface area contributed by atoms with Gasteiger partial charge in [-0.25, -0.2) is 0 Å². The van der Waals surface area contributed by atoms with E-state index >= 15 is 0 Å². The topological polar surface area (TPSA) is 39.1 Å². The molecule has 0 unspecified atom stereocenters. The van der Waals surface area contributed by atoms with E-state index in [4.69, 9.17) is 4.74 Å². The van der Waals surface area contributed by atoms with Gasteiger partial charge in [-0.15, -0.1) is 0 Å². The molecule has 0 aliphatic rings. The van der Waals surface area contributed by atoms with E-state index in [1.54, 1.807) is 7.11 Å². The van der Waals surface area contributed by atoms with E-state index < -0.39 is 0 Å². The molecule has 1 rings (SSSR count). The van der Waals surface area contributed by atoms with Crippen molar-refractivity contribution in [1.29, 1.82) is 0 Å². The fourth-order valence-electron chi connectivity index (χ4n) is 2.50. The lowest BCUT2D eigenvalue weighted by atomic mass is 10.0. The Morgan fingerprint density at radius 2 is 2.00 bits per heavy atom. The molecular formula is C15H29N3O. The zero-order chi connectivity index (χ0) is 14.3. The first-order valence-electron chi connectivity index (χ1n) is 7.41. The van der Waals surface area contributed by atoms with Crippen LogP contribution in [0.3, 0.4) is 0 Å². The minimum absolute atomic E-state index is 0.502.